The lowest BCUT2D eigenvalue weighted by Gasteiger charge is -1.84. The average Bonchev–Trinajstić information content (AvgIpc) is 2.17. The Balaban J connectivity index is 2.61. The molecule has 0 spiro atoms. The normalized spacial score (nSPS) is 10.0. The number of rotatable bonds is 2. The molecule has 0 saturated carbocycles. The van der Waals surface area contributed by atoms with Crippen molar-refractivity contribution in [1.29, 1.82) is 0 Å². The molecule has 0 aliphatic heterocycles. The summed E-state index contributed by atoms with van der Waals surface area (Å²) in [5.74, 6) is 0.865. The van der Waals surface area contributed by atoms with Gasteiger partial charge >= 0.3 is 0 Å². The molecule has 0 amide bonds. The van der Waals surface area contributed by atoms with E-state index in [2.05, 4.69) is 22.8 Å². The Morgan fingerprint density at radius 1 is 1.78 bits per heavy atom. The van der Waals surface area contributed by atoms with Crippen LogP contribution in [0.1, 0.15) is 11.4 Å². The van der Waals surface area contributed by atoms with Gasteiger partial charge in [0.25, 0.3) is 0 Å². The van der Waals surface area contributed by atoms with Crippen LogP contribution in [-0.4, -0.2) is 16.0 Å². The molecule has 0 aliphatic carbocycles. The summed E-state index contributed by atoms with van der Waals surface area (Å²) in [6, 6.07) is 2.04. The van der Waals surface area contributed by atoms with Crippen LogP contribution in [-0.2, 0) is 6.42 Å². The quantitative estimate of drug-likeness (QED) is 0.597. The van der Waals surface area contributed by atoms with E-state index in [4.69, 9.17) is 0 Å². The van der Waals surface area contributed by atoms with Crippen LogP contribution in [0.2, 0.25) is 0 Å². The Kier molecular flexibility index (Phi) is 2.16. The number of aryl methyl sites for hydroxylation is 2. The van der Waals surface area contributed by atoms with Gasteiger partial charge in [-0.1, -0.05) is 0 Å². The molecule has 9 heavy (non-hydrogen) atoms. The summed E-state index contributed by atoms with van der Waals surface area (Å²) < 4.78 is 0. The third-order valence-corrected chi connectivity index (χ3v) is 1.35. The number of nitrogens with zero attached hydrogens (tertiary/aromatic N) is 1. The molecule has 2 nitrogen and oxygen atoms in total. The molecule has 50 valence electrons. The Hall–Kier alpha value is -0.440. The van der Waals surface area contributed by atoms with E-state index in [0.29, 0.717) is 0 Å². The summed E-state index contributed by atoms with van der Waals surface area (Å²) in [7, 11) is 0. The van der Waals surface area contributed by atoms with E-state index in [-0.39, 0.29) is 0 Å². The van der Waals surface area contributed by atoms with E-state index < -0.39 is 0 Å². The molecule has 1 heterocycles. The first kappa shape index (κ1) is 6.68. The smallest absolute Gasteiger partial charge is 0.0633 e. The predicted octanol–water partition coefficient (Wildman–Crippen LogP) is 1.19. The SMILES string of the molecule is Cc1cc(CCS)n[nH]1. The minimum atomic E-state index is 0.865. The Labute approximate surface area is 60.1 Å². The lowest BCUT2D eigenvalue weighted by Crippen LogP contribution is -1.84. The van der Waals surface area contributed by atoms with Crippen LogP contribution in [0, 0.1) is 6.92 Å². The summed E-state index contributed by atoms with van der Waals surface area (Å²) >= 11 is 4.09. The van der Waals surface area contributed by atoms with Crippen LogP contribution in [0.3, 0.4) is 0 Å². The zero-order valence-corrected chi connectivity index (χ0v) is 6.28. The maximum absolute atomic E-state index is 4.09. The average molecular weight is 142 g/mol. The summed E-state index contributed by atoms with van der Waals surface area (Å²) in [5, 5.41) is 6.90. The monoisotopic (exact) mass is 142 g/mol. The van der Waals surface area contributed by atoms with Crippen molar-refractivity contribution in [3.8, 4) is 0 Å². The number of hydrogen-bond acceptors (Lipinski definition) is 2. The number of hydrogen-bond donors (Lipinski definition) is 2. The van der Waals surface area contributed by atoms with Crippen molar-refractivity contribution in [2.24, 2.45) is 0 Å². The van der Waals surface area contributed by atoms with E-state index in [1.54, 1.807) is 0 Å². The second-order valence-electron chi connectivity index (χ2n) is 2.02. The summed E-state index contributed by atoms with van der Waals surface area (Å²) in [5.41, 5.74) is 2.22. The zero-order valence-electron chi connectivity index (χ0n) is 5.39. The van der Waals surface area contributed by atoms with Crippen molar-refractivity contribution < 1.29 is 0 Å². The van der Waals surface area contributed by atoms with E-state index >= 15 is 0 Å². The second kappa shape index (κ2) is 2.92. The van der Waals surface area contributed by atoms with Crippen LogP contribution in [0.5, 0.6) is 0 Å². The third kappa shape index (κ3) is 1.75. The minimum absolute atomic E-state index is 0.865. The summed E-state index contributed by atoms with van der Waals surface area (Å²) in [6.07, 6.45) is 0.952. The Bertz CT molecular complexity index is 183. The van der Waals surface area contributed by atoms with Gasteiger partial charge in [-0.2, -0.15) is 17.7 Å². The molecule has 0 aromatic carbocycles. The molecule has 0 radical (unpaired) electrons. The lowest BCUT2D eigenvalue weighted by atomic mass is 10.3. The topological polar surface area (TPSA) is 28.7 Å². The summed E-state index contributed by atoms with van der Waals surface area (Å²) in [6.45, 7) is 2.00. The zero-order chi connectivity index (χ0) is 6.69. The fraction of sp³-hybridized carbons (Fsp3) is 0.500. The van der Waals surface area contributed by atoms with E-state index in [1.165, 1.54) is 0 Å². The fourth-order valence-corrected chi connectivity index (χ4v) is 0.946. The van der Waals surface area contributed by atoms with Crippen LogP contribution in [0.4, 0.5) is 0 Å². The van der Waals surface area contributed by atoms with E-state index in [9.17, 15) is 0 Å². The number of aromatic amines is 1. The van der Waals surface area contributed by atoms with Gasteiger partial charge in [-0.3, -0.25) is 5.10 Å². The lowest BCUT2D eigenvalue weighted by molar-refractivity contribution is 0.969. The van der Waals surface area contributed by atoms with Crippen molar-refractivity contribution in [3.05, 3.63) is 17.5 Å². The highest BCUT2D eigenvalue weighted by Crippen LogP contribution is 1.98. The maximum atomic E-state index is 4.09. The van der Waals surface area contributed by atoms with Gasteiger partial charge in [0.05, 0.1) is 5.69 Å². The van der Waals surface area contributed by atoms with Gasteiger partial charge in [0.2, 0.25) is 0 Å². The number of thiol groups is 1. The van der Waals surface area contributed by atoms with E-state index in [1.807, 2.05) is 13.0 Å². The van der Waals surface area contributed by atoms with Crippen molar-refractivity contribution in [2.45, 2.75) is 13.3 Å². The fourth-order valence-electron chi connectivity index (χ4n) is 0.717. The van der Waals surface area contributed by atoms with Gasteiger partial charge in [-0.15, -0.1) is 0 Å². The molecular formula is C6H10N2S. The molecule has 1 aromatic rings. The molecule has 1 aromatic heterocycles. The van der Waals surface area contributed by atoms with Crippen molar-refractivity contribution >= 4 is 12.6 Å². The molecule has 1 rings (SSSR count). The molecule has 0 unspecified atom stereocenters. The highest BCUT2D eigenvalue weighted by Gasteiger charge is 1.93. The van der Waals surface area contributed by atoms with Crippen molar-refractivity contribution in [2.75, 3.05) is 5.75 Å². The molecule has 0 fully saturated rings. The highest BCUT2D eigenvalue weighted by atomic mass is 32.1. The first-order chi connectivity index (χ1) is 4.33. The molecule has 3 heteroatoms. The van der Waals surface area contributed by atoms with Gasteiger partial charge in [-0.05, 0) is 18.7 Å². The van der Waals surface area contributed by atoms with Gasteiger partial charge in [0, 0.05) is 12.1 Å². The van der Waals surface area contributed by atoms with Crippen LogP contribution in [0.15, 0.2) is 6.07 Å². The standard InChI is InChI=1S/C6H10N2S/c1-5-4-6(2-3-9)8-7-5/h4,9H,2-3H2,1H3,(H,7,8). The number of aromatic nitrogens is 2. The highest BCUT2D eigenvalue weighted by molar-refractivity contribution is 7.80. The van der Waals surface area contributed by atoms with Crippen LogP contribution in [0.25, 0.3) is 0 Å². The van der Waals surface area contributed by atoms with Crippen molar-refractivity contribution in [1.82, 2.24) is 10.2 Å². The molecule has 0 aliphatic rings. The summed E-state index contributed by atoms with van der Waals surface area (Å²) in [4.78, 5) is 0. The molecular weight excluding hydrogens is 132 g/mol. The second-order valence-corrected chi connectivity index (χ2v) is 2.46. The number of nitrogens with one attached hydrogen (secondary N) is 1. The molecule has 0 bridgehead atoms. The van der Waals surface area contributed by atoms with E-state index in [0.717, 1.165) is 23.6 Å². The van der Waals surface area contributed by atoms with Gasteiger partial charge in [0.15, 0.2) is 0 Å². The Morgan fingerprint density at radius 2 is 2.56 bits per heavy atom. The first-order valence-electron chi connectivity index (χ1n) is 2.94. The largest absolute Gasteiger partial charge is 0.283 e. The molecule has 0 atom stereocenters. The maximum Gasteiger partial charge on any atom is 0.0633 e. The third-order valence-electron chi connectivity index (χ3n) is 1.13. The minimum Gasteiger partial charge on any atom is -0.283 e. The van der Waals surface area contributed by atoms with Crippen molar-refractivity contribution in [3.63, 3.8) is 0 Å². The van der Waals surface area contributed by atoms with Gasteiger partial charge in [-0.25, -0.2) is 0 Å². The molecule has 0 saturated heterocycles. The molecule has 1 N–H and O–H groups in total. The van der Waals surface area contributed by atoms with Crippen LogP contribution < -0.4 is 0 Å². The Morgan fingerprint density at radius 3 is 3.00 bits per heavy atom. The predicted molar refractivity (Wildman–Crippen MR) is 40.9 cm³/mol. The van der Waals surface area contributed by atoms with Gasteiger partial charge < -0.3 is 0 Å². The first-order valence-corrected chi connectivity index (χ1v) is 3.58. The number of H-pyrrole nitrogens is 1. The van der Waals surface area contributed by atoms with Gasteiger partial charge in [0.1, 0.15) is 0 Å². The van der Waals surface area contributed by atoms with Crippen LogP contribution >= 0.6 is 12.6 Å².